The number of hydrogen-bond donors (Lipinski definition) is 0. The zero-order chi connectivity index (χ0) is 35.8. The smallest absolute Gasteiger partial charge is 0.164 e. The van der Waals surface area contributed by atoms with E-state index in [1.807, 2.05) is 36.4 Å². The second-order valence-corrected chi connectivity index (χ2v) is 13.6. The van der Waals surface area contributed by atoms with Gasteiger partial charge in [-0.25, -0.2) is 15.0 Å². The maximum Gasteiger partial charge on any atom is 0.164 e. The van der Waals surface area contributed by atoms with Crippen LogP contribution in [0.4, 0.5) is 0 Å². The fraction of sp³-hybridized carbons (Fsp3) is 0. The lowest BCUT2D eigenvalue weighted by molar-refractivity contribution is 1.07. The van der Waals surface area contributed by atoms with Gasteiger partial charge in [0, 0.05) is 16.7 Å². The van der Waals surface area contributed by atoms with E-state index in [2.05, 4.69) is 164 Å². The van der Waals surface area contributed by atoms with Gasteiger partial charge in [0.25, 0.3) is 0 Å². The largest absolute Gasteiger partial charge is 0.208 e. The van der Waals surface area contributed by atoms with E-state index in [-0.39, 0.29) is 0 Å². The first-order chi connectivity index (χ1) is 26.7. The number of nitrogens with zero attached hydrogens (tertiary/aromatic N) is 3. The van der Waals surface area contributed by atoms with Crippen molar-refractivity contribution in [3.63, 3.8) is 0 Å². The van der Waals surface area contributed by atoms with Crippen LogP contribution in [0.25, 0.3) is 99.9 Å². The predicted molar refractivity (Wildman–Crippen MR) is 225 cm³/mol. The molecule has 0 saturated heterocycles. The van der Waals surface area contributed by atoms with Gasteiger partial charge in [0.1, 0.15) is 0 Å². The molecule has 1 aromatic heterocycles. The van der Waals surface area contributed by atoms with Gasteiger partial charge in [0.05, 0.1) is 0 Å². The average Bonchev–Trinajstić information content (AvgIpc) is 3.27. The molecule has 252 valence electrons. The van der Waals surface area contributed by atoms with Crippen molar-refractivity contribution in [2.75, 3.05) is 0 Å². The Balaban J connectivity index is 1.06. The van der Waals surface area contributed by atoms with Crippen molar-refractivity contribution in [3.8, 4) is 67.5 Å². The number of benzene rings is 9. The van der Waals surface area contributed by atoms with Crippen LogP contribution in [0.3, 0.4) is 0 Å². The van der Waals surface area contributed by atoms with Gasteiger partial charge in [0.15, 0.2) is 17.5 Å². The van der Waals surface area contributed by atoms with Gasteiger partial charge in [-0.3, -0.25) is 0 Å². The molecular formula is C51H33N3. The Kier molecular flexibility index (Phi) is 7.81. The molecule has 0 aliphatic rings. The summed E-state index contributed by atoms with van der Waals surface area (Å²) in [6.07, 6.45) is 0. The molecule has 0 fully saturated rings. The minimum absolute atomic E-state index is 0.635. The van der Waals surface area contributed by atoms with Crippen molar-refractivity contribution in [3.05, 3.63) is 200 Å². The molecule has 9 aromatic carbocycles. The molecule has 0 N–H and O–H groups in total. The van der Waals surface area contributed by atoms with Crippen LogP contribution in [0.5, 0.6) is 0 Å². The molecule has 10 rings (SSSR count). The van der Waals surface area contributed by atoms with E-state index in [1.54, 1.807) is 0 Å². The minimum Gasteiger partial charge on any atom is -0.208 e. The average molecular weight is 688 g/mol. The number of hydrogen-bond acceptors (Lipinski definition) is 3. The van der Waals surface area contributed by atoms with Crippen LogP contribution in [0.2, 0.25) is 0 Å². The SMILES string of the molecule is c1ccc(-c2ccc(-c3cccc(-c4nc(-c5ccccc5)nc(-c5cccc(-c6ccc7c8ccccc8c8ccccc8c7c6)c5)n4)c3)cc2)cc1. The molecule has 0 aliphatic carbocycles. The Morgan fingerprint density at radius 2 is 0.500 bits per heavy atom. The molecule has 10 aromatic rings. The number of aromatic nitrogens is 3. The number of fused-ring (bicyclic) bond motifs is 6. The van der Waals surface area contributed by atoms with E-state index in [9.17, 15) is 0 Å². The molecule has 0 unspecified atom stereocenters. The van der Waals surface area contributed by atoms with Crippen LogP contribution in [0.1, 0.15) is 0 Å². The van der Waals surface area contributed by atoms with Crippen LogP contribution in [-0.2, 0) is 0 Å². The van der Waals surface area contributed by atoms with Crippen molar-refractivity contribution in [2.24, 2.45) is 0 Å². The molecule has 1 heterocycles. The molecular weight excluding hydrogens is 655 g/mol. The minimum atomic E-state index is 0.635. The van der Waals surface area contributed by atoms with Crippen molar-refractivity contribution >= 4 is 32.3 Å². The monoisotopic (exact) mass is 687 g/mol. The predicted octanol–water partition coefficient (Wildman–Crippen LogP) is 13.3. The van der Waals surface area contributed by atoms with E-state index >= 15 is 0 Å². The fourth-order valence-electron chi connectivity index (χ4n) is 7.60. The molecule has 3 heteroatoms. The molecule has 0 radical (unpaired) electrons. The Hall–Kier alpha value is -7.23. The highest BCUT2D eigenvalue weighted by molar-refractivity contribution is 6.25. The highest BCUT2D eigenvalue weighted by Gasteiger charge is 2.15. The Labute approximate surface area is 313 Å². The normalized spacial score (nSPS) is 11.3. The first-order valence-electron chi connectivity index (χ1n) is 18.3. The highest BCUT2D eigenvalue weighted by Crippen LogP contribution is 2.38. The summed E-state index contributed by atoms with van der Waals surface area (Å²) in [4.78, 5) is 15.2. The third-order valence-corrected chi connectivity index (χ3v) is 10.3. The summed E-state index contributed by atoms with van der Waals surface area (Å²) in [5.41, 5.74) is 9.71. The summed E-state index contributed by atoms with van der Waals surface area (Å²) in [6.45, 7) is 0. The Bertz CT molecular complexity index is 2940. The van der Waals surface area contributed by atoms with E-state index in [0.29, 0.717) is 17.5 Å². The van der Waals surface area contributed by atoms with Gasteiger partial charge in [-0.05, 0) is 83.9 Å². The van der Waals surface area contributed by atoms with E-state index in [0.717, 1.165) is 38.9 Å². The summed E-state index contributed by atoms with van der Waals surface area (Å²) in [5.74, 6) is 1.91. The summed E-state index contributed by atoms with van der Waals surface area (Å²) in [7, 11) is 0. The first-order valence-corrected chi connectivity index (χ1v) is 18.3. The van der Waals surface area contributed by atoms with Gasteiger partial charge < -0.3 is 0 Å². The topological polar surface area (TPSA) is 38.7 Å². The Morgan fingerprint density at radius 3 is 1.04 bits per heavy atom. The Morgan fingerprint density at radius 1 is 0.185 bits per heavy atom. The zero-order valence-corrected chi connectivity index (χ0v) is 29.4. The van der Waals surface area contributed by atoms with Gasteiger partial charge in [-0.2, -0.15) is 0 Å². The molecule has 0 bridgehead atoms. The molecule has 0 saturated carbocycles. The maximum atomic E-state index is 5.13. The van der Waals surface area contributed by atoms with Crippen molar-refractivity contribution < 1.29 is 0 Å². The van der Waals surface area contributed by atoms with Gasteiger partial charge in [0.2, 0.25) is 0 Å². The summed E-state index contributed by atoms with van der Waals surface area (Å²) >= 11 is 0. The van der Waals surface area contributed by atoms with Gasteiger partial charge in [-0.15, -0.1) is 0 Å². The third kappa shape index (κ3) is 5.78. The first kappa shape index (κ1) is 31.5. The van der Waals surface area contributed by atoms with Crippen LogP contribution in [0.15, 0.2) is 200 Å². The lowest BCUT2D eigenvalue weighted by atomic mass is 9.92. The van der Waals surface area contributed by atoms with Crippen molar-refractivity contribution in [1.82, 2.24) is 15.0 Å². The zero-order valence-electron chi connectivity index (χ0n) is 29.4. The maximum absolute atomic E-state index is 5.13. The van der Waals surface area contributed by atoms with Crippen molar-refractivity contribution in [1.29, 1.82) is 0 Å². The van der Waals surface area contributed by atoms with Crippen LogP contribution in [0, 0.1) is 0 Å². The molecule has 3 nitrogen and oxygen atoms in total. The van der Waals surface area contributed by atoms with E-state index in [4.69, 9.17) is 15.0 Å². The second kappa shape index (κ2) is 13.4. The molecule has 0 spiro atoms. The van der Waals surface area contributed by atoms with Gasteiger partial charge >= 0.3 is 0 Å². The quantitative estimate of drug-likeness (QED) is 0.163. The number of rotatable bonds is 6. The summed E-state index contributed by atoms with van der Waals surface area (Å²) in [6, 6.07) is 70.6. The highest BCUT2D eigenvalue weighted by atomic mass is 15.0. The molecule has 0 aliphatic heterocycles. The summed E-state index contributed by atoms with van der Waals surface area (Å²) < 4.78 is 0. The molecule has 0 atom stereocenters. The van der Waals surface area contributed by atoms with E-state index in [1.165, 1.54) is 43.4 Å². The lowest BCUT2D eigenvalue weighted by Gasteiger charge is -2.13. The van der Waals surface area contributed by atoms with E-state index < -0.39 is 0 Å². The standard InChI is InChI=1S/C51H33N3/c1-3-13-34(14-4-1)35-25-27-36(28-26-35)38-17-11-19-41(31-38)50-52-49(37-15-5-2-6-16-37)53-51(54-50)42-20-12-18-39(32-42)40-29-30-47-45-23-8-7-21-43(45)44-22-9-10-24-46(44)48(47)33-40/h1-33H. The lowest BCUT2D eigenvalue weighted by Crippen LogP contribution is -2.00. The van der Waals surface area contributed by atoms with Gasteiger partial charge in [-0.1, -0.05) is 182 Å². The van der Waals surface area contributed by atoms with Crippen LogP contribution in [-0.4, -0.2) is 15.0 Å². The van der Waals surface area contributed by atoms with Crippen molar-refractivity contribution in [2.45, 2.75) is 0 Å². The molecule has 54 heavy (non-hydrogen) atoms. The summed E-state index contributed by atoms with van der Waals surface area (Å²) in [5, 5.41) is 7.58. The van der Waals surface area contributed by atoms with Crippen LogP contribution >= 0.6 is 0 Å². The van der Waals surface area contributed by atoms with Crippen LogP contribution < -0.4 is 0 Å². The molecule has 0 amide bonds. The third-order valence-electron chi connectivity index (χ3n) is 10.3. The second-order valence-electron chi connectivity index (χ2n) is 13.6. The fourth-order valence-corrected chi connectivity index (χ4v) is 7.60.